The summed E-state index contributed by atoms with van der Waals surface area (Å²) in [5.41, 5.74) is 5.03. The molecule has 114 valence electrons. The van der Waals surface area contributed by atoms with Crippen LogP contribution in [0.5, 0.6) is 11.5 Å². The molecule has 0 saturated carbocycles. The number of hydrogen-bond donors (Lipinski definition) is 1. The zero-order valence-corrected chi connectivity index (χ0v) is 13.8. The number of ether oxygens (including phenoxy) is 2. The standard InChI is InChI=1S/C15H11Cl3N2O2/c1-8(9-2-3-13-14(4-9)22-7-21-13)19-20-15-11(17)5-10(16)6-12(15)18/h2-6,20H,7H2,1H3/b19-8+. The van der Waals surface area contributed by atoms with E-state index >= 15 is 0 Å². The predicted molar refractivity (Wildman–Crippen MR) is 89.9 cm³/mol. The van der Waals surface area contributed by atoms with Crippen molar-refractivity contribution in [2.75, 3.05) is 12.2 Å². The van der Waals surface area contributed by atoms with E-state index in [0.29, 0.717) is 26.5 Å². The summed E-state index contributed by atoms with van der Waals surface area (Å²) in [5, 5.41) is 5.57. The lowest BCUT2D eigenvalue weighted by Gasteiger charge is -2.08. The maximum Gasteiger partial charge on any atom is 0.231 e. The van der Waals surface area contributed by atoms with E-state index in [-0.39, 0.29) is 6.79 Å². The lowest BCUT2D eigenvalue weighted by atomic mass is 10.1. The van der Waals surface area contributed by atoms with Gasteiger partial charge in [0.1, 0.15) is 0 Å². The minimum absolute atomic E-state index is 0.239. The predicted octanol–water partition coefficient (Wildman–Crippen LogP) is 5.21. The van der Waals surface area contributed by atoms with Crippen LogP contribution in [0.25, 0.3) is 0 Å². The molecule has 2 aromatic rings. The van der Waals surface area contributed by atoms with Crippen LogP contribution in [-0.4, -0.2) is 12.5 Å². The van der Waals surface area contributed by atoms with Gasteiger partial charge in [-0.3, -0.25) is 5.43 Å². The van der Waals surface area contributed by atoms with Crippen LogP contribution in [0, 0.1) is 0 Å². The zero-order valence-electron chi connectivity index (χ0n) is 11.5. The van der Waals surface area contributed by atoms with E-state index in [1.807, 2.05) is 25.1 Å². The maximum atomic E-state index is 6.10. The van der Waals surface area contributed by atoms with Crippen molar-refractivity contribution >= 4 is 46.2 Å². The molecule has 0 radical (unpaired) electrons. The summed E-state index contributed by atoms with van der Waals surface area (Å²) in [6.45, 7) is 2.10. The average molecular weight is 358 g/mol. The Kier molecular flexibility index (Phi) is 4.34. The van der Waals surface area contributed by atoms with Crippen molar-refractivity contribution < 1.29 is 9.47 Å². The number of hydrazone groups is 1. The van der Waals surface area contributed by atoms with Crippen LogP contribution in [0.3, 0.4) is 0 Å². The number of fused-ring (bicyclic) bond motifs is 1. The van der Waals surface area contributed by atoms with Crippen LogP contribution in [0.1, 0.15) is 12.5 Å². The Morgan fingerprint density at radius 3 is 2.45 bits per heavy atom. The molecule has 3 rings (SSSR count). The Morgan fingerprint density at radius 1 is 1.05 bits per heavy atom. The van der Waals surface area contributed by atoms with Crippen LogP contribution in [0.2, 0.25) is 15.1 Å². The highest BCUT2D eigenvalue weighted by atomic mass is 35.5. The SMILES string of the molecule is C/C(=N\Nc1c(Cl)cc(Cl)cc1Cl)c1ccc2c(c1)OCO2. The van der Waals surface area contributed by atoms with Gasteiger partial charge in [0, 0.05) is 10.6 Å². The molecule has 4 nitrogen and oxygen atoms in total. The number of hydrogen-bond acceptors (Lipinski definition) is 4. The van der Waals surface area contributed by atoms with E-state index in [0.717, 1.165) is 17.0 Å². The van der Waals surface area contributed by atoms with E-state index in [4.69, 9.17) is 44.3 Å². The van der Waals surface area contributed by atoms with Gasteiger partial charge in [0.2, 0.25) is 6.79 Å². The van der Waals surface area contributed by atoms with Gasteiger partial charge in [-0.15, -0.1) is 0 Å². The number of halogens is 3. The van der Waals surface area contributed by atoms with Crippen LogP contribution < -0.4 is 14.9 Å². The van der Waals surface area contributed by atoms with Crippen molar-refractivity contribution in [3.05, 3.63) is 51.0 Å². The summed E-state index contributed by atoms with van der Waals surface area (Å²) in [5.74, 6) is 1.43. The first-order valence-electron chi connectivity index (χ1n) is 6.39. The number of nitrogens with one attached hydrogen (secondary N) is 1. The van der Waals surface area contributed by atoms with Crippen LogP contribution in [0.4, 0.5) is 5.69 Å². The maximum absolute atomic E-state index is 6.10. The van der Waals surface area contributed by atoms with Crippen molar-refractivity contribution in [1.82, 2.24) is 0 Å². The molecule has 1 aliphatic rings. The normalized spacial score (nSPS) is 13.4. The molecule has 0 spiro atoms. The first-order chi connectivity index (χ1) is 10.5. The van der Waals surface area contributed by atoms with Crippen LogP contribution >= 0.6 is 34.8 Å². The molecule has 1 N–H and O–H groups in total. The lowest BCUT2D eigenvalue weighted by Crippen LogP contribution is -2.00. The van der Waals surface area contributed by atoms with E-state index in [2.05, 4.69) is 10.5 Å². The number of nitrogens with zero attached hydrogens (tertiary/aromatic N) is 1. The topological polar surface area (TPSA) is 42.9 Å². The molecule has 1 heterocycles. The molecule has 0 fully saturated rings. The first kappa shape index (κ1) is 15.3. The quantitative estimate of drug-likeness (QED) is 0.605. The number of anilines is 1. The minimum atomic E-state index is 0.239. The molecule has 7 heteroatoms. The molecule has 0 amide bonds. The summed E-state index contributed by atoms with van der Waals surface area (Å²) in [4.78, 5) is 0. The Labute approximate surface area is 142 Å². The number of benzene rings is 2. The second kappa shape index (κ2) is 6.24. The van der Waals surface area contributed by atoms with Gasteiger partial charge in [-0.1, -0.05) is 34.8 Å². The first-order valence-corrected chi connectivity index (χ1v) is 7.53. The van der Waals surface area contributed by atoms with Gasteiger partial charge < -0.3 is 9.47 Å². The molecule has 0 aromatic heterocycles. The van der Waals surface area contributed by atoms with Gasteiger partial charge in [-0.25, -0.2) is 0 Å². The second-order valence-corrected chi connectivity index (χ2v) is 5.87. The lowest BCUT2D eigenvalue weighted by molar-refractivity contribution is 0.174. The van der Waals surface area contributed by atoms with E-state index < -0.39 is 0 Å². The Balaban J connectivity index is 1.84. The van der Waals surface area contributed by atoms with Crippen molar-refractivity contribution in [2.45, 2.75) is 6.92 Å². The van der Waals surface area contributed by atoms with Crippen molar-refractivity contribution in [1.29, 1.82) is 0 Å². The number of rotatable bonds is 3. The van der Waals surface area contributed by atoms with E-state index in [9.17, 15) is 0 Å². The molecular weight excluding hydrogens is 347 g/mol. The van der Waals surface area contributed by atoms with Gasteiger partial charge in [0.25, 0.3) is 0 Å². The summed E-state index contributed by atoms with van der Waals surface area (Å²) >= 11 is 18.1. The van der Waals surface area contributed by atoms with Crippen molar-refractivity contribution in [2.24, 2.45) is 5.10 Å². The molecule has 0 unspecified atom stereocenters. The summed E-state index contributed by atoms with van der Waals surface area (Å²) < 4.78 is 10.6. The van der Waals surface area contributed by atoms with Gasteiger partial charge in [-0.05, 0) is 37.3 Å². The van der Waals surface area contributed by atoms with Crippen LogP contribution in [0.15, 0.2) is 35.4 Å². The Morgan fingerprint density at radius 2 is 1.73 bits per heavy atom. The summed E-state index contributed by atoms with van der Waals surface area (Å²) in [7, 11) is 0. The third-order valence-electron chi connectivity index (χ3n) is 3.13. The van der Waals surface area contributed by atoms with E-state index in [1.54, 1.807) is 12.1 Å². The molecular formula is C15H11Cl3N2O2. The minimum Gasteiger partial charge on any atom is -0.454 e. The van der Waals surface area contributed by atoms with Gasteiger partial charge in [0.15, 0.2) is 11.5 Å². The molecule has 0 atom stereocenters. The average Bonchev–Trinajstić information content (AvgIpc) is 2.93. The van der Waals surface area contributed by atoms with Gasteiger partial charge >= 0.3 is 0 Å². The fraction of sp³-hybridized carbons (Fsp3) is 0.133. The highest BCUT2D eigenvalue weighted by Gasteiger charge is 2.14. The van der Waals surface area contributed by atoms with Gasteiger partial charge in [0.05, 0.1) is 21.4 Å². The van der Waals surface area contributed by atoms with Gasteiger partial charge in [-0.2, -0.15) is 5.10 Å². The van der Waals surface area contributed by atoms with Crippen molar-refractivity contribution in [3.63, 3.8) is 0 Å². The molecule has 2 aromatic carbocycles. The third-order valence-corrected chi connectivity index (χ3v) is 3.95. The Bertz CT molecular complexity index is 739. The molecule has 1 aliphatic heterocycles. The van der Waals surface area contributed by atoms with Crippen molar-refractivity contribution in [3.8, 4) is 11.5 Å². The second-order valence-electron chi connectivity index (χ2n) is 4.62. The largest absolute Gasteiger partial charge is 0.454 e. The Hall–Kier alpha value is -1.62. The molecule has 0 saturated heterocycles. The fourth-order valence-corrected chi connectivity index (χ4v) is 2.88. The molecule has 0 aliphatic carbocycles. The molecule has 0 bridgehead atoms. The molecule has 22 heavy (non-hydrogen) atoms. The fourth-order valence-electron chi connectivity index (χ4n) is 1.97. The summed E-state index contributed by atoms with van der Waals surface area (Å²) in [6, 6.07) is 8.82. The highest BCUT2D eigenvalue weighted by molar-refractivity contribution is 6.41. The third kappa shape index (κ3) is 3.09. The smallest absolute Gasteiger partial charge is 0.231 e. The highest BCUT2D eigenvalue weighted by Crippen LogP contribution is 2.34. The van der Waals surface area contributed by atoms with E-state index in [1.165, 1.54) is 0 Å². The summed E-state index contributed by atoms with van der Waals surface area (Å²) in [6.07, 6.45) is 0. The monoisotopic (exact) mass is 356 g/mol. The van der Waals surface area contributed by atoms with Crippen LogP contribution in [-0.2, 0) is 0 Å². The zero-order chi connectivity index (χ0) is 15.7.